The Morgan fingerprint density at radius 3 is 2.85 bits per heavy atom. The maximum absolute atomic E-state index is 12.4. The summed E-state index contributed by atoms with van der Waals surface area (Å²) >= 11 is 0. The van der Waals surface area contributed by atoms with E-state index in [1.807, 2.05) is 24.4 Å². The molecule has 1 fully saturated rings. The topological polar surface area (TPSA) is 103 Å². The summed E-state index contributed by atoms with van der Waals surface area (Å²) in [6, 6.07) is 9.23. The number of hydrogen-bond acceptors (Lipinski definition) is 5. The van der Waals surface area contributed by atoms with Gasteiger partial charge in [-0.25, -0.2) is 9.97 Å². The summed E-state index contributed by atoms with van der Waals surface area (Å²) in [5.41, 5.74) is 2.22. The van der Waals surface area contributed by atoms with Gasteiger partial charge in [-0.15, -0.1) is 0 Å². The van der Waals surface area contributed by atoms with Crippen LogP contribution in [0.15, 0.2) is 42.9 Å². The van der Waals surface area contributed by atoms with Crippen molar-refractivity contribution in [3.05, 3.63) is 48.4 Å². The van der Waals surface area contributed by atoms with Gasteiger partial charge in [0.2, 0.25) is 0 Å². The van der Waals surface area contributed by atoms with Crippen molar-refractivity contribution < 1.29 is 9.90 Å². The molecule has 134 valence electrons. The first-order valence-corrected chi connectivity index (χ1v) is 8.74. The maximum atomic E-state index is 12.4. The highest BCUT2D eigenvalue weighted by Gasteiger charge is 2.29. The highest BCUT2D eigenvalue weighted by atomic mass is 16.3. The molecule has 3 aromatic rings. The summed E-state index contributed by atoms with van der Waals surface area (Å²) in [6.45, 7) is 1.66. The van der Waals surface area contributed by atoms with Gasteiger partial charge in [-0.1, -0.05) is 12.1 Å². The molecule has 1 aliphatic rings. The number of hydrogen-bond donors (Lipinski definition) is 4. The molecule has 0 spiro atoms. The van der Waals surface area contributed by atoms with Crippen LogP contribution < -0.4 is 10.6 Å². The first kappa shape index (κ1) is 16.7. The molecular weight excluding hydrogens is 330 g/mol. The fourth-order valence-corrected chi connectivity index (χ4v) is 3.33. The number of nitrogens with zero attached hydrogens (tertiary/aromatic N) is 2. The fourth-order valence-electron chi connectivity index (χ4n) is 3.33. The Hall–Kier alpha value is -2.77. The lowest BCUT2D eigenvalue weighted by Crippen LogP contribution is -2.52. The van der Waals surface area contributed by atoms with E-state index in [1.165, 1.54) is 6.33 Å². The lowest BCUT2D eigenvalue weighted by atomic mass is 9.94. The normalized spacial score (nSPS) is 20.2. The average Bonchev–Trinajstić information content (AvgIpc) is 3.16. The van der Waals surface area contributed by atoms with E-state index in [0.717, 1.165) is 35.3 Å². The second-order valence-corrected chi connectivity index (χ2v) is 6.73. The largest absolute Gasteiger partial charge is 0.387 e. The third kappa shape index (κ3) is 3.31. The summed E-state index contributed by atoms with van der Waals surface area (Å²) in [7, 11) is 0. The SMILES string of the molecule is O=C(NC[C@@]1(O)CCCNC1)c1ccc(-c2ncnc3[nH]ccc23)cc1. The Morgan fingerprint density at radius 1 is 1.23 bits per heavy atom. The first-order valence-electron chi connectivity index (χ1n) is 8.74. The Balaban J connectivity index is 1.47. The number of carbonyl (C=O) groups is 1. The van der Waals surface area contributed by atoms with E-state index >= 15 is 0 Å². The Labute approximate surface area is 150 Å². The number of rotatable bonds is 4. The summed E-state index contributed by atoms with van der Waals surface area (Å²) in [4.78, 5) is 24.0. The molecule has 1 atom stereocenters. The quantitative estimate of drug-likeness (QED) is 0.570. The molecule has 3 heterocycles. The fraction of sp³-hybridized carbons (Fsp3) is 0.316. The van der Waals surface area contributed by atoms with Gasteiger partial charge < -0.3 is 20.7 Å². The molecule has 1 aliphatic heterocycles. The molecule has 0 saturated carbocycles. The van der Waals surface area contributed by atoms with Gasteiger partial charge in [0.15, 0.2) is 0 Å². The zero-order chi connectivity index (χ0) is 18.0. The van der Waals surface area contributed by atoms with E-state index in [0.29, 0.717) is 18.5 Å². The lowest BCUT2D eigenvalue weighted by molar-refractivity contribution is 0.0170. The van der Waals surface area contributed by atoms with Crippen molar-refractivity contribution in [2.75, 3.05) is 19.6 Å². The van der Waals surface area contributed by atoms with Gasteiger partial charge in [0, 0.05) is 35.8 Å². The smallest absolute Gasteiger partial charge is 0.251 e. The van der Waals surface area contributed by atoms with Crippen LogP contribution in [0, 0.1) is 0 Å². The van der Waals surface area contributed by atoms with Crippen LogP contribution in [-0.4, -0.2) is 51.2 Å². The van der Waals surface area contributed by atoms with E-state index < -0.39 is 5.60 Å². The van der Waals surface area contributed by atoms with Gasteiger partial charge >= 0.3 is 0 Å². The number of aromatic amines is 1. The van der Waals surface area contributed by atoms with E-state index in [4.69, 9.17) is 0 Å². The zero-order valence-corrected chi connectivity index (χ0v) is 14.3. The van der Waals surface area contributed by atoms with Crippen molar-refractivity contribution in [1.29, 1.82) is 0 Å². The van der Waals surface area contributed by atoms with Crippen LogP contribution in [0.4, 0.5) is 0 Å². The van der Waals surface area contributed by atoms with Crippen LogP contribution >= 0.6 is 0 Å². The van der Waals surface area contributed by atoms with Crippen LogP contribution in [0.25, 0.3) is 22.3 Å². The Kier molecular flexibility index (Phi) is 4.40. The molecule has 26 heavy (non-hydrogen) atoms. The van der Waals surface area contributed by atoms with E-state index in [9.17, 15) is 9.90 Å². The molecule has 0 unspecified atom stereocenters. The summed E-state index contributed by atoms with van der Waals surface area (Å²) < 4.78 is 0. The van der Waals surface area contributed by atoms with Crippen LogP contribution in [-0.2, 0) is 0 Å². The maximum Gasteiger partial charge on any atom is 0.251 e. The van der Waals surface area contributed by atoms with Crippen molar-refractivity contribution in [3.8, 4) is 11.3 Å². The van der Waals surface area contributed by atoms with Crippen molar-refractivity contribution in [1.82, 2.24) is 25.6 Å². The molecule has 2 aromatic heterocycles. The van der Waals surface area contributed by atoms with Crippen LogP contribution in [0.2, 0.25) is 0 Å². The lowest BCUT2D eigenvalue weighted by Gasteiger charge is -2.32. The van der Waals surface area contributed by atoms with E-state index in [1.54, 1.807) is 12.1 Å². The van der Waals surface area contributed by atoms with Gasteiger partial charge in [-0.3, -0.25) is 4.79 Å². The second kappa shape index (κ2) is 6.86. The number of β-amino-alcohol motifs (C(OH)–C–C–N with tert-alkyl or cyclic N) is 1. The zero-order valence-electron chi connectivity index (χ0n) is 14.3. The van der Waals surface area contributed by atoms with Gasteiger partial charge in [0.1, 0.15) is 12.0 Å². The predicted molar refractivity (Wildman–Crippen MR) is 98.7 cm³/mol. The number of benzene rings is 1. The van der Waals surface area contributed by atoms with Gasteiger partial charge in [0.25, 0.3) is 5.91 Å². The number of carbonyl (C=O) groups excluding carboxylic acids is 1. The molecule has 1 amide bonds. The minimum atomic E-state index is -0.866. The predicted octanol–water partition coefficient (Wildman–Crippen LogP) is 1.47. The number of piperidine rings is 1. The van der Waals surface area contributed by atoms with Crippen LogP contribution in [0.1, 0.15) is 23.2 Å². The van der Waals surface area contributed by atoms with Gasteiger partial charge in [0.05, 0.1) is 11.3 Å². The molecule has 4 rings (SSSR count). The van der Waals surface area contributed by atoms with Crippen LogP contribution in [0.5, 0.6) is 0 Å². The number of fused-ring (bicyclic) bond motifs is 1. The summed E-state index contributed by atoms with van der Waals surface area (Å²) in [5.74, 6) is -0.190. The minimum absolute atomic E-state index is 0.190. The third-order valence-electron chi connectivity index (χ3n) is 4.80. The molecular formula is C19H21N5O2. The molecule has 4 N–H and O–H groups in total. The van der Waals surface area contributed by atoms with E-state index in [2.05, 4.69) is 25.6 Å². The standard InChI is InChI=1S/C19H21N5O2/c25-18(22-11-19(26)7-1-8-20-10-19)14-4-2-13(3-5-14)16-15-6-9-21-17(15)24-12-23-16/h2-6,9,12,20,26H,1,7-8,10-11H2,(H,22,25)(H,21,23,24)/t19-/m1/s1. The van der Waals surface area contributed by atoms with Crippen LogP contribution in [0.3, 0.4) is 0 Å². The number of amides is 1. The minimum Gasteiger partial charge on any atom is -0.387 e. The Morgan fingerprint density at radius 2 is 2.08 bits per heavy atom. The van der Waals surface area contributed by atoms with Crippen molar-refractivity contribution >= 4 is 16.9 Å². The number of aliphatic hydroxyl groups is 1. The third-order valence-corrected chi connectivity index (χ3v) is 4.80. The van der Waals surface area contributed by atoms with Crippen molar-refractivity contribution in [3.63, 3.8) is 0 Å². The molecule has 0 bridgehead atoms. The summed E-state index contributed by atoms with van der Waals surface area (Å²) in [5, 5.41) is 17.4. The van der Waals surface area contributed by atoms with Crippen molar-refractivity contribution in [2.24, 2.45) is 0 Å². The molecule has 7 nitrogen and oxygen atoms in total. The Bertz CT molecular complexity index is 913. The molecule has 0 aliphatic carbocycles. The monoisotopic (exact) mass is 351 g/mol. The number of aromatic nitrogens is 3. The summed E-state index contributed by atoms with van der Waals surface area (Å²) in [6.07, 6.45) is 4.95. The highest BCUT2D eigenvalue weighted by molar-refractivity contribution is 5.95. The average molecular weight is 351 g/mol. The first-order chi connectivity index (χ1) is 12.6. The van der Waals surface area contributed by atoms with Gasteiger partial charge in [-0.2, -0.15) is 0 Å². The van der Waals surface area contributed by atoms with Gasteiger partial charge in [-0.05, 0) is 37.6 Å². The second-order valence-electron chi connectivity index (χ2n) is 6.73. The molecule has 1 saturated heterocycles. The molecule has 1 aromatic carbocycles. The highest BCUT2D eigenvalue weighted by Crippen LogP contribution is 2.25. The van der Waals surface area contributed by atoms with E-state index in [-0.39, 0.29) is 12.5 Å². The van der Waals surface area contributed by atoms with Crippen molar-refractivity contribution in [2.45, 2.75) is 18.4 Å². The molecule has 7 heteroatoms. The number of nitrogens with one attached hydrogen (secondary N) is 3. The molecule has 0 radical (unpaired) electrons. The number of H-pyrrole nitrogens is 1.